The van der Waals surface area contributed by atoms with Crippen molar-refractivity contribution in [1.29, 1.82) is 0 Å². The molecule has 1 fully saturated rings. The summed E-state index contributed by atoms with van der Waals surface area (Å²) in [7, 11) is 0. The highest BCUT2D eigenvalue weighted by Gasteiger charge is 2.29. The first-order chi connectivity index (χ1) is 11.5. The lowest BCUT2D eigenvalue weighted by atomic mass is 10.00. The third kappa shape index (κ3) is 3.77. The number of nitrogens with zero attached hydrogens (tertiary/aromatic N) is 3. The summed E-state index contributed by atoms with van der Waals surface area (Å²) in [5.41, 5.74) is 2.00. The van der Waals surface area contributed by atoms with Crippen LogP contribution >= 0.6 is 11.3 Å². The molecule has 3 rings (SSSR count). The molecule has 1 saturated heterocycles. The molecule has 0 bridgehead atoms. The highest BCUT2D eigenvalue weighted by atomic mass is 32.1. The molecule has 0 unspecified atom stereocenters. The van der Waals surface area contributed by atoms with Gasteiger partial charge in [-0.25, -0.2) is 9.78 Å². The van der Waals surface area contributed by atoms with Gasteiger partial charge in [-0.3, -0.25) is 10.4 Å². The van der Waals surface area contributed by atoms with Gasteiger partial charge >= 0.3 is 6.03 Å². The molecule has 3 heterocycles. The second-order valence-corrected chi connectivity index (χ2v) is 7.96. The molecule has 2 aromatic heterocycles. The fraction of sp³-hybridized carbons (Fsp3) is 0.588. The largest absolute Gasteiger partial charge is 0.323 e. The molecular weight excluding hydrogens is 322 g/mol. The molecule has 0 aromatic carbocycles. The van der Waals surface area contributed by atoms with Crippen molar-refractivity contribution >= 4 is 22.4 Å². The van der Waals surface area contributed by atoms with E-state index in [-0.39, 0.29) is 12.1 Å². The molecule has 0 spiro atoms. The van der Waals surface area contributed by atoms with Crippen LogP contribution in [0.4, 0.5) is 9.80 Å². The van der Waals surface area contributed by atoms with Gasteiger partial charge in [0, 0.05) is 12.7 Å². The van der Waals surface area contributed by atoms with Crippen LogP contribution in [-0.2, 0) is 6.42 Å². The number of carbonyl (C=O) groups excluding carboxylic acids is 1. The van der Waals surface area contributed by atoms with Crippen LogP contribution in [-0.4, -0.2) is 32.7 Å². The molecule has 24 heavy (non-hydrogen) atoms. The fourth-order valence-corrected chi connectivity index (χ4v) is 4.05. The number of carbonyl (C=O) groups is 1. The predicted octanol–water partition coefficient (Wildman–Crippen LogP) is 4.13. The number of rotatable bonds is 4. The Balaban J connectivity index is 1.76. The van der Waals surface area contributed by atoms with E-state index in [1.54, 1.807) is 17.5 Å². The Kier molecular flexibility index (Phi) is 5.18. The minimum Gasteiger partial charge on any atom is -0.316 e. The van der Waals surface area contributed by atoms with Crippen LogP contribution in [0.2, 0.25) is 0 Å². The number of aromatic nitrogens is 3. The summed E-state index contributed by atoms with van der Waals surface area (Å²) >= 11 is 1.56. The van der Waals surface area contributed by atoms with Gasteiger partial charge < -0.3 is 4.90 Å². The molecule has 2 aromatic rings. The first-order valence-corrected chi connectivity index (χ1v) is 9.39. The van der Waals surface area contributed by atoms with Gasteiger partial charge in [0.15, 0.2) is 0 Å². The lowest BCUT2D eigenvalue weighted by Gasteiger charge is -2.34. The monoisotopic (exact) mass is 347 g/mol. The molecule has 0 aliphatic carbocycles. The van der Waals surface area contributed by atoms with E-state index in [1.807, 2.05) is 17.9 Å². The minimum absolute atomic E-state index is 0.0389. The van der Waals surface area contributed by atoms with Crippen molar-refractivity contribution in [3.63, 3.8) is 0 Å². The molecule has 130 valence electrons. The number of aryl methyl sites for hydroxylation is 1. The van der Waals surface area contributed by atoms with E-state index in [2.05, 4.69) is 34.3 Å². The number of amides is 2. The van der Waals surface area contributed by atoms with E-state index in [0.717, 1.165) is 53.6 Å². The SMILES string of the molecule is Cc1nc(CC(C)C)c(NC(=O)N2CCCC[C@H]2c2ccn[nH]2)s1. The van der Waals surface area contributed by atoms with Crippen molar-refractivity contribution in [3.8, 4) is 0 Å². The number of hydrogen-bond donors (Lipinski definition) is 2. The van der Waals surface area contributed by atoms with Gasteiger partial charge in [0.05, 0.1) is 22.4 Å². The average Bonchev–Trinajstić information content (AvgIpc) is 3.17. The van der Waals surface area contributed by atoms with Crippen molar-refractivity contribution in [1.82, 2.24) is 20.1 Å². The number of aromatic amines is 1. The summed E-state index contributed by atoms with van der Waals surface area (Å²) in [6.07, 6.45) is 5.76. The van der Waals surface area contributed by atoms with Crippen LogP contribution in [0.3, 0.4) is 0 Å². The highest BCUT2D eigenvalue weighted by molar-refractivity contribution is 7.16. The van der Waals surface area contributed by atoms with E-state index in [1.165, 1.54) is 0 Å². The number of hydrogen-bond acceptors (Lipinski definition) is 4. The Hall–Kier alpha value is -1.89. The lowest BCUT2D eigenvalue weighted by Crippen LogP contribution is -2.41. The molecule has 1 aliphatic rings. The maximum absolute atomic E-state index is 12.9. The van der Waals surface area contributed by atoms with Gasteiger partial charge in [0.2, 0.25) is 0 Å². The Morgan fingerprint density at radius 1 is 1.50 bits per heavy atom. The molecule has 7 heteroatoms. The smallest absolute Gasteiger partial charge is 0.316 e. The van der Waals surface area contributed by atoms with Gasteiger partial charge in [-0.05, 0) is 44.6 Å². The molecule has 6 nitrogen and oxygen atoms in total. The number of likely N-dealkylation sites (tertiary alicyclic amines) is 1. The molecule has 1 atom stereocenters. The van der Waals surface area contributed by atoms with Crippen LogP contribution in [0.1, 0.15) is 55.5 Å². The first kappa shape index (κ1) is 17.0. The fourth-order valence-electron chi connectivity index (χ4n) is 3.21. The van der Waals surface area contributed by atoms with Crippen molar-refractivity contribution in [2.75, 3.05) is 11.9 Å². The summed E-state index contributed by atoms with van der Waals surface area (Å²) < 4.78 is 0. The Labute approximate surface area is 146 Å². The third-order valence-corrected chi connectivity index (χ3v) is 5.20. The standard InChI is InChI=1S/C17H25N5OS/c1-11(2)10-14-16(24-12(3)19-14)20-17(23)22-9-5-4-6-15(22)13-7-8-18-21-13/h7-8,11,15H,4-6,9-10H2,1-3H3,(H,18,21)(H,20,23)/t15-/m0/s1. The second kappa shape index (κ2) is 7.34. The Morgan fingerprint density at radius 2 is 2.33 bits per heavy atom. The average molecular weight is 347 g/mol. The van der Waals surface area contributed by atoms with Gasteiger partial charge in [-0.1, -0.05) is 13.8 Å². The number of thiazole rings is 1. The normalized spacial score (nSPS) is 18.2. The third-order valence-electron chi connectivity index (χ3n) is 4.27. The summed E-state index contributed by atoms with van der Waals surface area (Å²) in [6, 6.07) is 1.99. The van der Waals surface area contributed by atoms with Crippen molar-refractivity contribution in [2.24, 2.45) is 5.92 Å². The zero-order valence-corrected chi connectivity index (χ0v) is 15.3. The van der Waals surface area contributed by atoms with E-state index >= 15 is 0 Å². The molecular formula is C17H25N5OS. The van der Waals surface area contributed by atoms with Gasteiger partial charge in [0.25, 0.3) is 0 Å². The maximum atomic E-state index is 12.9. The van der Waals surface area contributed by atoms with Crippen LogP contribution in [0.5, 0.6) is 0 Å². The van der Waals surface area contributed by atoms with E-state index in [4.69, 9.17) is 0 Å². The predicted molar refractivity (Wildman–Crippen MR) is 96.3 cm³/mol. The van der Waals surface area contributed by atoms with Crippen LogP contribution in [0.15, 0.2) is 12.3 Å². The van der Waals surface area contributed by atoms with Gasteiger partial charge in [-0.2, -0.15) is 5.10 Å². The van der Waals surface area contributed by atoms with E-state index in [9.17, 15) is 4.79 Å². The number of nitrogens with one attached hydrogen (secondary N) is 2. The molecule has 2 amide bonds. The van der Waals surface area contributed by atoms with Crippen LogP contribution in [0.25, 0.3) is 0 Å². The lowest BCUT2D eigenvalue weighted by molar-refractivity contribution is 0.161. The topological polar surface area (TPSA) is 73.9 Å². The Bertz CT molecular complexity index is 679. The molecule has 1 aliphatic heterocycles. The molecule has 2 N–H and O–H groups in total. The zero-order valence-electron chi connectivity index (χ0n) is 14.5. The number of urea groups is 1. The highest BCUT2D eigenvalue weighted by Crippen LogP contribution is 2.32. The number of anilines is 1. The van der Waals surface area contributed by atoms with Crippen molar-refractivity contribution in [3.05, 3.63) is 28.7 Å². The first-order valence-electron chi connectivity index (χ1n) is 8.57. The number of piperidine rings is 1. The molecule has 0 radical (unpaired) electrons. The maximum Gasteiger partial charge on any atom is 0.323 e. The van der Waals surface area contributed by atoms with E-state index < -0.39 is 0 Å². The summed E-state index contributed by atoms with van der Waals surface area (Å²) in [6.45, 7) is 7.09. The Morgan fingerprint density at radius 3 is 3.04 bits per heavy atom. The van der Waals surface area contributed by atoms with Gasteiger partial charge in [0.1, 0.15) is 5.00 Å². The zero-order chi connectivity index (χ0) is 17.1. The van der Waals surface area contributed by atoms with Crippen molar-refractivity contribution < 1.29 is 4.79 Å². The summed E-state index contributed by atoms with van der Waals surface area (Å²) in [5.74, 6) is 0.509. The quantitative estimate of drug-likeness (QED) is 0.873. The van der Waals surface area contributed by atoms with Crippen molar-refractivity contribution in [2.45, 2.75) is 52.5 Å². The van der Waals surface area contributed by atoms with Crippen LogP contribution in [0, 0.1) is 12.8 Å². The minimum atomic E-state index is -0.0389. The summed E-state index contributed by atoms with van der Waals surface area (Å²) in [4.78, 5) is 19.4. The van der Waals surface area contributed by atoms with E-state index in [0.29, 0.717) is 5.92 Å². The number of H-pyrrole nitrogens is 1. The molecule has 0 saturated carbocycles. The summed E-state index contributed by atoms with van der Waals surface area (Å²) in [5, 5.41) is 12.0. The van der Waals surface area contributed by atoms with Crippen LogP contribution < -0.4 is 5.32 Å². The second-order valence-electron chi connectivity index (χ2n) is 6.75. The van der Waals surface area contributed by atoms with Gasteiger partial charge in [-0.15, -0.1) is 11.3 Å².